The molecule has 0 unspecified atom stereocenters. The molecule has 0 saturated carbocycles. The van der Waals surface area contributed by atoms with E-state index in [4.69, 9.17) is 4.74 Å². The van der Waals surface area contributed by atoms with Gasteiger partial charge in [0.05, 0.1) is 12.7 Å². The van der Waals surface area contributed by atoms with Crippen LogP contribution in [-0.2, 0) is 17.6 Å². The molecular weight excluding hydrogens is 412 g/mol. The zero-order chi connectivity index (χ0) is 18.7. The number of hydrogen-bond acceptors (Lipinski definition) is 4. The lowest BCUT2D eigenvalue weighted by atomic mass is 9.89. The molecule has 1 aliphatic rings. The molecule has 2 aromatic rings. The summed E-state index contributed by atoms with van der Waals surface area (Å²) in [6, 6.07) is 7.87. The lowest BCUT2D eigenvalue weighted by Crippen LogP contribution is -2.10. The van der Waals surface area contributed by atoms with Crippen molar-refractivity contribution in [1.82, 2.24) is 0 Å². The second-order valence-electron chi connectivity index (χ2n) is 6.38. The van der Waals surface area contributed by atoms with Crippen molar-refractivity contribution in [3.05, 3.63) is 50.3 Å². The number of fused-ring (bicyclic) bond motifs is 1. The molecule has 3 rings (SSSR count). The monoisotopic (exact) mass is 430 g/mol. The smallest absolute Gasteiger partial charge is 0.249 e. The van der Waals surface area contributed by atoms with E-state index in [0.717, 1.165) is 34.9 Å². The van der Waals surface area contributed by atoms with E-state index in [1.807, 2.05) is 18.2 Å². The number of nitriles is 1. The predicted octanol–water partition coefficient (Wildman–Crippen LogP) is 5.17. The maximum absolute atomic E-state index is 12.4. The van der Waals surface area contributed by atoms with Gasteiger partial charge in [-0.15, -0.1) is 11.3 Å². The third-order valence-electron chi connectivity index (χ3n) is 4.47. The van der Waals surface area contributed by atoms with E-state index >= 15 is 0 Å². The largest absolute Gasteiger partial charge is 0.496 e. The number of ether oxygens (including phenoxy) is 1. The van der Waals surface area contributed by atoms with Crippen molar-refractivity contribution in [1.29, 1.82) is 5.26 Å². The maximum atomic E-state index is 12.4. The lowest BCUT2D eigenvalue weighted by Gasteiger charge is -2.17. The third-order valence-corrected chi connectivity index (χ3v) is 6.13. The molecule has 6 heteroatoms. The number of thiophene rings is 1. The second kappa shape index (κ2) is 8.07. The van der Waals surface area contributed by atoms with Crippen molar-refractivity contribution >= 4 is 44.3 Å². The number of benzene rings is 1. The number of hydrogen-bond donors (Lipinski definition) is 1. The molecule has 0 aliphatic heterocycles. The van der Waals surface area contributed by atoms with Gasteiger partial charge in [0.2, 0.25) is 5.91 Å². The molecule has 1 N–H and O–H groups in total. The molecule has 0 saturated heterocycles. The highest BCUT2D eigenvalue weighted by Crippen LogP contribution is 2.39. The Hall–Kier alpha value is -2.10. The Morgan fingerprint density at radius 2 is 2.31 bits per heavy atom. The molecule has 4 nitrogen and oxygen atoms in total. The minimum atomic E-state index is -0.254. The molecule has 1 heterocycles. The summed E-state index contributed by atoms with van der Waals surface area (Å²) in [7, 11) is 1.59. The lowest BCUT2D eigenvalue weighted by molar-refractivity contribution is -0.111. The van der Waals surface area contributed by atoms with Gasteiger partial charge in [-0.2, -0.15) is 5.26 Å². The molecule has 0 radical (unpaired) electrons. The fourth-order valence-corrected chi connectivity index (χ4v) is 4.85. The van der Waals surface area contributed by atoms with Crippen molar-refractivity contribution in [2.24, 2.45) is 5.92 Å². The number of anilines is 1. The first-order valence-electron chi connectivity index (χ1n) is 8.39. The van der Waals surface area contributed by atoms with E-state index in [1.54, 1.807) is 13.2 Å². The molecule has 0 bridgehead atoms. The van der Waals surface area contributed by atoms with Gasteiger partial charge in [0.1, 0.15) is 16.8 Å². The summed E-state index contributed by atoms with van der Waals surface area (Å²) >= 11 is 4.95. The highest BCUT2D eigenvalue weighted by Gasteiger charge is 2.24. The van der Waals surface area contributed by atoms with Gasteiger partial charge in [-0.25, -0.2) is 0 Å². The van der Waals surface area contributed by atoms with Crippen LogP contribution in [0.15, 0.2) is 28.7 Å². The van der Waals surface area contributed by atoms with Crippen molar-refractivity contribution in [2.45, 2.75) is 26.2 Å². The van der Waals surface area contributed by atoms with Crippen LogP contribution in [0.4, 0.5) is 5.00 Å². The molecule has 26 heavy (non-hydrogen) atoms. The van der Waals surface area contributed by atoms with Crippen molar-refractivity contribution in [3.8, 4) is 11.8 Å². The van der Waals surface area contributed by atoms with Crippen molar-refractivity contribution in [2.75, 3.05) is 12.4 Å². The first-order valence-corrected chi connectivity index (χ1v) is 10.00. The van der Waals surface area contributed by atoms with Gasteiger partial charge in [-0.3, -0.25) is 4.79 Å². The first-order chi connectivity index (χ1) is 12.5. The highest BCUT2D eigenvalue weighted by molar-refractivity contribution is 9.10. The topological polar surface area (TPSA) is 62.1 Å². The fourth-order valence-electron chi connectivity index (χ4n) is 3.11. The average molecular weight is 431 g/mol. The molecule has 134 valence electrons. The predicted molar refractivity (Wildman–Crippen MR) is 109 cm³/mol. The van der Waals surface area contributed by atoms with Crippen molar-refractivity contribution in [3.63, 3.8) is 0 Å². The number of nitrogens with zero attached hydrogens (tertiary/aromatic N) is 1. The van der Waals surface area contributed by atoms with Gasteiger partial charge in [-0.1, -0.05) is 22.9 Å². The zero-order valence-electron chi connectivity index (χ0n) is 14.6. The first kappa shape index (κ1) is 18.7. The van der Waals surface area contributed by atoms with Crippen LogP contribution in [0.1, 0.15) is 34.9 Å². The summed E-state index contributed by atoms with van der Waals surface area (Å²) < 4.78 is 6.22. The molecule has 1 aromatic carbocycles. The number of amides is 1. The van der Waals surface area contributed by atoms with Crippen LogP contribution >= 0.6 is 27.3 Å². The van der Waals surface area contributed by atoms with Gasteiger partial charge in [-0.05, 0) is 55.0 Å². The van der Waals surface area contributed by atoms with Crippen LogP contribution in [0.25, 0.3) is 6.08 Å². The Morgan fingerprint density at radius 1 is 1.50 bits per heavy atom. The normalized spacial score (nSPS) is 16.2. The summed E-state index contributed by atoms with van der Waals surface area (Å²) in [4.78, 5) is 13.6. The number of nitrogens with one attached hydrogen (secondary N) is 1. The van der Waals surface area contributed by atoms with E-state index in [2.05, 4.69) is 34.2 Å². The summed E-state index contributed by atoms with van der Waals surface area (Å²) in [5, 5.41) is 13.0. The Bertz CT molecular complexity index is 911. The van der Waals surface area contributed by atoms with Crippen LogP contribution in [0.3, 0.4) is 0 Å². The van der Waals surface area contributed by atoms with Crippen LogP contribution in [-0.4, -0.2) is 13.0 Å². The molecular formula is C20H19BrN2O2S. The number of carbonyl (C=O) groups excluding carboxylic acids is 1. The van der Waals surface area contributed by atoms with Crippen molar-refractivity contribution < 1.29 is 9.53 Å². The van der Waals surface area contributed by atoms with Gasteiger partial charge in [0, 0.05) is 21.0 Å². The van der Waals surface area contributed by atoms with Crippen LogP contribution < -0.4 is 10.1 Å². The average Bonchev–Trinajstić information content (AvgIpc) is 2.95. The minimum absolute atomic E-state index is 0.254. The number of methoxy groups -OCH3 is 1. The van der Waals surface area contributed by atoms with Gasteiger partial charge in [0.15, 0.2) is 0 Å². The molecule has 0 fully saturated rings. The van der Waals surface area contributed by atoms with E-state index in [9.17, 15) is 10.1 Å². The highest BCUT2D eigenvalue weighted by atomic mass is 79.9. The van der Waals surface area contributed by atoms with Crippen LogP contribution in [0.5, 0.6) is 5.75 Å². The number of carbonyl (C=O) groups is 1. The molecule has 0 spiro atoms. The third kappa shape index (κ3) is 4.00. The van der Waals surface area contributed by atoms with E-state index in [-0.39, 0.29) is 5.91 Å². The zero-order valence-corrected chi connectivity index (χ0v) is 17.0. The number of rotatable bonds is 4. The Labute approximate surface area is 165 Å². The Balaban J connectivity index is 1.79. The fraction of sp³-hybridized carbons (Fsp3) is 0.300. The molecule has 1 aliphatic carbocycles. The Morgan fingerprint density at radius 3 is 3.04 bits per heavy atom. The summed E-state index contributed by atoms with van der Waals surface area (Å²) in [5.41, 5.74) is 2.54. The second-order valence-corrected chi connectivity index (χ2v) is 8.40. The number of halogens is 1. The van der Waals surface area contributed by atoms with Crippen LogP contribution in [0, 0.1) is 17.2 Å². The quantitative estimate of drug-likeness (QED) is 0.680. The van der Waals surface area contributed by atoms with E-state index < -0.39 is 0 Å². The van der Waals surface area contributed by atoms with Gasteiger partial charge < -0.3 is 10.1 Å². The Kier molecular flexibility index (Phi) is 5.80. The van der Waals surface area contributed by atoms with E-state index in [1.165, 1.54) is 22.3 Å². The van der Waals surface area contributed by atoms with Crippen LogP contribution in [0.2, 0.25) is 0 Å². The molecule has 1 aromatic heterocycles. The molecule has 1 atom stereocenters. The summed E-state index contributed by atoms with van der Waals surface area (Å²) in [5.74, 6) is 1.06. The summed E-state index contributed by atoms with van der Waals surface area (Å²) in [6.45, 7) is 2.22. The summed E-state index contributed by atoms with van der Waals surface area (Å²) in [6.07, 6.45) is 6.16. The molecule has 1 amide bonds. The SMILES string of the molecule is COc1ccc(Br)cc1/C=C/C(=O)Nc1sc2c(c1C#N)CC[C@H](C)C2. The van der Waals surface area contributed by atoms with E-state index in [0.29, 0.717) is 22.2 Å². The van der Waals surface area contributed by atoms with Gasteiger partial charge in [0.25, 0.3) is 0 Å². The standard InChI is InChI=1S/C20H19BrN2O2S/c1-12-3-6-15-16(11-22)20(26-18(15)9-12)23-19(24)8-4-13-10-14(21)5-7-17(13)25-2/h4-5,7-8,10,12H,3,6,9H2,1-2H3,(H,23,24)/b8-4+/t12-/m0/s1. The van der Waals surface area contributed by atoms with Gasteiger partial charge >= 0.3 is 0 Å². The minimum Gasteiger partial charge on any atom is -0.496 e. The maximum Gasteiger partial charge on any atom is 0.249 e.